The lowest BCUT2D eigenvalue weighted by Crippen LogP contribution is -2.31. The highest BCUT2D eigenvalue weighted by molar-refractivity contribution is 5.06. The van der Waals surface area contributed by atoms with Gasteiger partial charge in [-0.3, -0.25) is 0 Å². The van der Waals surface area contributed by atoms with Crippen LogP contribution in [0.5, 0.6) is 0 Å². The van der Waals surface area contributed by atoms with E-state index in [1.807, 2.05) is 0 Å². The minimum atomic E-state index is 0.417. The lowest BCUT2D eigenvalue weighted by atomic mass is 9.73. The Morgan fingerprint density at radius 2 is 1.30 bits per heavy atom. The molecule has 4 bridgehead atoms. The predicted octanol–water partition coefficient (Wildman–Crippen LogP) is 3.58. The number of fused-ring (bicyclic) bond motifs is 10. The van der Waals surface area contributed by atoms with Gasteiger partial charge in [0.15, 0.2) is 0 Å². The van der Waals surface area contributed by atoms with Crippen LogP contribution in [0.3, 0.4) is 0 Å². The van der Waals surface area contributed by atoms with Crippen LogP contribution in [0.4, 0.5) is 0 Å². The second-order valence-corrected chi connectivity index (χ2v) is 11.5. The zero-order valence-electron chi connectivity index (χ0n) is 16.7. The molecule has 0 aromatic heterocycles. The van der Waals surface area contributed by atoms with Gasteiger partial charge in [-0.25, -0.2) is 0 Å². The maximum Gasteiger partial charge on any atom is 0.0497 e. The first-order valence-corrected chi connectivity index (χ1v) is 12.1. The van der Waals surface area contributed by atoms with Gasteiger partial charge in [-0.1, -0.05) is 0 Å². The van der Waals surface area contributed by atoms with Crippen molar-refractivity contribution in [2.24, 2.45) is 71.0 Å². The van der Waals surface area contributed by atoms with Crippen LogP contribution in [0.15, 0.2) is 0 Å². The van der Waals surface area contributed by atoms with Crippen molar-refractivity contribution in [3.8, 4) is 0 Å². The fraction of sp³-hybridized carbons (Fsp3) is 1.00. The number of ether oxygens (including phenoxy) is 1. The van der Waals surface area contributed by atoms with Crippen LogP contribution in [0.25, 0.3) is 0 Å². The molecule has 6 fully saturated rings. The summed E-state index contributed by atoms with van der Waals surface area (Å²) in [5.74, 6) is 9.93. The van der Waals surface area contributed by atoms with E-state index in [1.165, 1.54) is 51.4 Å². The molecule has 12 unspecified atom stereocenters. The lowest BCUT2D eigenvalue weighted by molar-refractivity contribution is 0.0306. The Morgan fingerprint density at radius 3 is 2.11 bits per heavy atom. The number of aliphatic hydroxyl groups excluding tert-OH is 2. The van der Waals surface area contributed by atoms with Crippen molar-refractivity contribution in [1.82, 2.24) is 0 Å². The normalized spacial score (nSPS) is 57.6. The molecule has 6 saturated carbocycles. The van der Waals surface area contributed by atoms with Gasteiger partial charge in [-0.05, 0) is 122 Å². The summed E-state index contributed by atoms with van der Waals surface area (Å²) < 4.78 is 6.38. The lowest BCUT2D eigenvalue weighted by Gasteiger charge is -2.34. The molecule has 0 aliphatic heterocycles. The van der Waals surface area contributed by atoms with Crippen LogP contribution in [-0.2, 0) is 4.74 Å². The first kappa shape index (κ1) is 17.7. The molecule has 0 heterocycles. The highest BCUT2D eigenvalue weighted by Crippen LogP contribution is 2.63. The quantitative estimate of drug-likeness (QED) is 0.747. The Hall–Kier alpha value is -0.120. The molecule has 3 nitrogen and oxygen atoms in total. The van der Waals surface area contributed by atoms with E-state index < -0.39 is 0 Å². The van der Waals surface area contributed by atoms with Gasteiger partial charge >= 0.3 is 0 Å². The van der Waals surface area contributed by atoms with Crippen LogP contribution in [0.2, 0.25) is 0 Å². The maximum atomic E-state index is 9.73. The average Bonchev–Trinajstić information content (AvgIpc) is 3.47. The Balaban J connectivity index is 1.01. The molecule has 152 valence electrons. The van der Waals surface area contributed by atoms with E-state index in [0.29, 0.717) is 25.0 Å². The second-order valence-electron chi connectivity index (χ2n) is 11.5. The summed E-state index contributed by atoms with van der Waals surface area (Å²) in [5, 5.41) is 19.4. The highest BCUT2D eigenvalue weighted by Gasteiger charge is 2.57. The molecule has 2 N–H and O–H groups in total. The summed E-state index contributed by atoms with van der Waals surface area (Å²) in [4.78, 5) is 0. The molecular weight excluding hydrogens is 336 g/mol. The van der Waals surface area contributed by atoms with Crippen molar-refractivity contribution in [3.05, 3.63) is 0 Å². The third-order valence-electron chi connectivity index (χ3n) is 10.7. The van der Waals surface area contributed by atoms with E-state index in [0.717, 1.165) is 72.4 Å². The molecule has 0 spiro atoms. The maximum absolute atomic E-state index is 9.73. The summed E-state index contributed by atoms with van der Waals surface area (Å²) in [6.07, 6.45) is 11.0. The molecule has 0 aromatic carbocycles. The Labute approximate surface area is 164 Å². The van der Waals surface area contributed by atoms with Gasteiger partial charge in [0.1, 0.15) is 0 Å². The van der Waals surface area contributed by atoms with Gasteiger partial charge in [-0.2, -0.15) is 0 Å². The van der Waals surface area contributed by atoms with E-state index >= 15 is 0 Å². The monoisotopic (exact) mass is 374 g/mol. The zero-order chi connectivity index (χ0) is 18.1. The molecule has 0 saturated heterocycles. The average molecular weight is 375 g/mol. The van der Waals surface area contributed by atoms with Crippen molar-refractivity contribution in [2.75, 3.05) is 26.4 Å². The number of rotatable bonds is 6. The third kappa shape index (κ3) is 2.63. The zero-order valence-corrected chi connectivity index (χ0v) is 16.7. The van der Waals surface area contributed by atoms with Gasteiger partial charge in [0.25, 0.3) is 0 Å². The summed E-state index contributed by atoms with van der Waals surface area (Å²) in [7, 11) is 0. The summed E-state index contributed by atoms with van der Waals surface area (Å²) in [6, 6.07) is 0. The van der Waals surface area contributed by atoms with Crippen molar-refractivity contribution >= 4 is 0 Å². The van der Waals surface area contributed by atoms with Gasteiger partial charge in [0.2, 0.25) is 0 Å². The van der Waals surface area contributed by atoms with Gasteiger partial charge < -0.3 is 14.9 Å². The molecule has 12 atom stereocenters. The van der Waals surface area contributed by atoms with Gasteiger partial charge in [-0.15, -0.1) is 0 Å². The minimum absolute atomic E-state index is 0.417. The molecule has 27 heavy (non-hydrogen) atoms. The van der Waals surface area contributed by atoms with Gasteiger partial charge in [0.05, 0.1) is 0 Å². The fourth-order valence-corrected chi connectivity index (χ4v) is 9.84. The molecular formula is C24H38O3. The number of hydrogen-bond acceptors (Lipinski definition) is 3. The summed E-state index contributed by atoms with van der Waals surface area (Å²) >= 11 is 0. The first-order chi connectivity index (χ1) is 13.3. The molecule has 3 heteroatoms. The van der Waals surface area contributed by atoms with E-state index in [-0.39, 0.29) is 0 Å². The van der Waals surface area contributed by atoms with E-state index in [4.69, 9.17) is 4.74 Å². The van der Waals surface area contributed by atoms with Crippen LogP contribution < -0.4 is 0 Å². The van der Waals surface area contributed by atoms with E-state index in [9.17, 15) is 10.2 Å². The first-order valence-electron chi connectivity index (χ1n) is 12.1. The third-order valence-corrected chi connectivity index (χ3v) is 10.7. The molecule has 6 aliphatic rings. The van der Waals surface area contributed by atoms with E-state index in [2.05, 4.69) is 0 Å². The van der Waals surface area contributed by atoms with Crippen molar-refractivity contribution in [2.45, 2.75) is 51.4 Å². The summed E-state index contributed by atoms with van der Waals surface area (Å²) in [6.45, 7) is 2.81. The van der Waals surface area contributed by atoms with Crippen LogP contribution in [0.1, 0.15) is 51.4 Å². The summed E-state index contributed by atoms with van der Waals surface area (Å²) in [5.41, 5.74) is 0. The second kappa shape index (κ2) is 6.71. The van der Waals surface area contributed by atoms with Crippen LogP contribution >= 0.6 is 0 Å². The Kier molecular flexibility index (Phi) is 4.40. The largest absolute Gasteiger partial charge is 0.396 e. The van der Waals surface area contributed by atoms with Crippen LogP contribution in [0, 0.1) is 71.0 Å². The fourth-order valence-electron chi connectivity index (χ4n) is 9.84. The molecule has 0 amide bonds. The van der Waals surface area contributed by atoms with Crippen LogP contribution in [-0.4, -0.2) is 36.6 Å². The SMILES string of the molecule is OCC1CC2CC1C1CC(COCC3CCC4C5CC(CO)C(C5)C34)CC21. The molecule has 0 aromatic rings. The standard InChI is InChI=1S/C24H38O3/c25-9-17-6-16-7-21(17)23-4-13(3-20(16)23)11-27-12-14-1-2-19-15-5-18(10-26)22(8-15)24(14)19/h13-26H,1-12H2. The van der Waals surface area contributed by atoms with Crippen molar-refractivity contribution < 1.29 is 14.9 Å². The topological polar surface area (TPSA) is 49.7 Å². The van der Waals surface area contributed by atoms with Crippen molar-refractivity contribution in [3.63, 3.8) is 0 Å². The smallest absolute Gasteiger partial charge is 0.0497 e. The molecule has 6 rings (SSSR count). The Bertz CT molecular complexity index is 562. The van der Waals surface area contributed by atoms with Gasteiger partial charge in [0, 0.05) is 26.4 Å². The highest BCUT2D eigenvalue weighted by atomic mass is 16.5. The predicted molar refractivity (Wildman–Crippen MR) is 104 cm³/mol. The van der Waals surface area contributed by atoms with Crippen molar-refractivity contribution in [1.29, 1.82) is 0 Å². The minimum Gasteiger partial charge on any atom is -0.396 e. The molecule has 0 radical (unpaired) electrons. The number of hydrogen-bond donors (Lipinski definition) is 2. The van der Waals surface area contributed by atoms with E-state index in [1.54, 1.807) is 0 Å². The number of aliphatic hydroxyl groups is 2. The Morgan fingerprint density at radius 1 is 0.593 bits per heavy atom. The molecule has 6 aliphatic carbocycles.